The lowest BCUT2D eigenvalue weighted by Gasteiger charge is -2.22. The molecule has 11 nitrogen and oxygen atoms in total. The van der Waals surface area contributed by atoms with Crippen molar-refractivity contribution >= 4 is 17.9 Å². The van der Waals surface area contributed by atoms with E-state index in [0.717, 1.165) is 5.75 Å². The minimum atomic E-state index is -0.769. The van der Waals surface area contributed by atoms with E-state index in [1.165, 1.54) is 11.1 Å². The number of hydrogen-bond acceptors (Lipinski definition) is 10. The quantitative estimate of drug-likeness (QED) is 0.510. The van der Waals surface area contributed by atoms with Gasteiger partial charge in [0.1, 0.15) is 30.3 Å². The summed E-state index contributed by atoms with van der Waals surface area (Å²) in [6, 6.07) is 10.2. The molecule has 4 rings (SSSR count). The van der Waals surface area contributed by atoms with Crippen molar-refractivity contribution in [3.63, 3.8) is 0 Å². The predicted molar refractivity (Wildman–Crippen MR) is 113 cm³/mol. The normalized spacial score (nSPS) is 17.7. The second kappa shape index (κ2) is 9.60. The number of anilines is 2. The third-order valence-corrected chi connectivity index (χ3v) is 4.89. The van der Waals surface area contributed by atoms with Gasteiger partial charge in [0.2, 0.25) is 11.8 Å². The maximum atomic E-state index is 12.1. The topological polar surface area (TPSA) is 136 Å². The smallest absolute Gasteiger partial charge is 0.416 e. The Balaban J connectivity index is 1.36. The van der Waals surface area contributed by atoms with Gasteiger partial charge in [-0.1, -0.05) is 23.4 Å². The molecule has 0 spiro atoms. The minimum Gasteiger partial charge on any atom is -0.493 e. The number of rotatable bonds is 9. The van der Waals surface area contributed by atoms with Crippen LogP contribution in [0.4, 0.5) is 16.6 Å². The Labute approximate surface area is 184 Å². The van der Waals surface area contributed by atoms with Crippen LogP contribution in [-0.2, 0) is 11.2 Å². The molecular formula is C21H24N6O5. The van der Waals surface area contributed by atoms with E-state index in [1.807, 2.05) is 37.3 Å². The second-order valence-corrected chi connectivity index (χ2v) is 7.32. The van der Waals surface area contributed by atoms with Crippen molar-refractivity contribution in [1.82, 2.24) is 20.1 Å². The zero-order valence-corrected chi connectivity index (χ0v) is 17.7. The van der Waals surface area contributed by atoms with Gasteiger partial charge in [-0.15, -0.1) is 0 Å². The molecular weight excluding hydrogens is 416 g/mol. The van der Waals surface area contributed by atoms with E-state index in [1.54, 1.807) is 13.0 Å². The molecule has 3 heterocycles. The van der Waals surface area contributed by atoms with Crippen molar-refractivity contribution < 1.29 is 23.9 Å². The SMILES string of the molecule is C[C@H](Nc1nccc(N2C(=O)OCC2[C@@H](C)O)n1)c1nc(CCOc2ccccc2)no1. The first-order valence-corrected chi connectivity index (χ1v) is 10.2. The number of cyclic esters (lactones) is 1. The fourth-order valence-electron chi connectivity index (χ4n) is 3.18. The number of hydrogen-bond donors (Lipinski definition) is 2. The molecule has 1 saturated heterocycles. The Bertz CT molecular complexity index is 1040. The van der Waals surface area contributed by atoms with Crippen LogP contribution in [0, 0.1) is 0 Å². The number of aromatic nitrogens is 4. The monoisotopic (exact) mass is 440 g/mol. The molecule has 0 saturated carbocycles. The first-order valence-electron chi connectivity index (χ1n) is 10.2. The average molecular weight is 440 g/mol. The summed E-state index contributed by atoms with van der Waals surface area (Å²) in [5, 5.41) is 17.0. The van der Waals surface area contributed by atoms with E-state index in [9.17, 15) is 9.90 Å². The standard InChI is InChI=1S/C21H24N6O5/c1-13(19-24-17(26-32-19)9-11-30-15-6-4-3-5-7-15)23-20-22-10-8-18(25-20)27-16(14(2)28)12-31-21(27)29/h3-8,10,13-14,16,28H,9,11-12H2,1-2H3,(H,22,23,25)/t13-,14+,16?/m0/s1. The summed E-state index contributed by atoms with van der Waals surface area (Å²) < 4.78 is 16.0. The van der Waals surface area contributed by atoms with E-state index in [4.69, 9.17) is 14.0 Å². The summed E-state index contributed by atoms with van der Waals surface area (Å²) in [4.78, 5) is 26.4. The largest absolute Gasteiger partial charge is 0.493 e. The number of nitrogens with one attached hydrogen (secondary N) is 1. The molecule has 0 aliphatic carbocycles. The third-order valence-electron chi connectivity index (χ3n) is 4.89. The van der Waals surface area contributed by atoms with Gasteiger partial charge in [0.15, 0.2) is 5.82 Å². The number of benzene rings is 1. The van der Waals surface area contributed by atoms with Gasteiger partial charge in [-0.3, -0.25) is 4.90 Å². The van der Waals surface area contributed by atoms with Crippen LogP contribution in [0.15, 0.2) is 47.1 Å². The van der Waals surface area contributed by atoms with Crippen LogP contribution in [-0.4, -0.2) is 56.7 Å². The highest BCUT2D eigenvalue weighted by Crippen LogP contribution is 2.24. The van der Waals surface area contributed by atoms with E-state index < -0.39 is 18.2 Å². The number of para-hydroxylation sites is 1. The van der Waals surface area contributed by atoms with Gasteiger partial charge in [-0.25, -0.2) is 9.78 Å². The summed E-state index contributed by atoms with van der Waals surface area (Å²) in [5.74, 6) is 2.27. The molecule has 11 heteroatoms. The van der Waals surface area contributed by atoms with Crippen LogP contribution >= 0.6 is 0 Å². The highest BCUT2D eigenvalue weighted by Gasteiger charge is 2.38. The second-order valence-electron chi connectivity index (χ2n) is 7.32. The van der Waals surface area contributed by atoms with Crippen LogP contribution in [0.3, 0.4) is 0 Å². The average Bonchev–Trinajstić information content (AvgIpc) is 3.42. The summed E-state index contributed by atoms with van der Waals surface area (Å²) in [6.07, 6.45) is 0.680. The van der Waals surface area contributed by atoms with Crippen LogP contribution < -0.4 is 15.0 Å². The lowest BCUT2D eigenvalue weighted by Crippen LogP contribution is -2.41. The van der Waals surface area contributed by atoms with Gasteiger partial charge < -0.3 is 24.4 Å². The van der Waals surface area contributed by atoms with E-state index in [-0.39, 0.29) is 18.6 Å². The molecule has 2 aromatic heterocycles. The number of carbonyl (C=O) groups is 1. The first-order chi connectivity index (χ1) is 15.5. The van der Waals surface area contributed by atoms with Crippen molar-refractivity contribution in [3.8, 4) is 5.75 Å². The fourth-order valence-corrected chi connectivity index (χ4v) is 3.18. The molecule has 2 N–H and O–H groups in total. The Morgan fingerprint density at radius 2 is 2.06 bits per heavy atom. The molecule has 1 aliphatic rings. The molecule has 1 fully saturated rings. The van der Waals surface area contributed by atoms with E-state index in [0.29, 0.717) is 30.6 Å². The minimum absolute atomic E-state index is 0.0957. The van der Waals surface area contributed by atoms with Gasteiger partial charge in [0.25, 0.3) is 0 Å². The number of nitrogens with zero attached hydrogens (tertiary/aromatic N) is 5. The molecule has 32 heavy (non-hydrogen) atoms. The summed E-state index contributed by atoms with van der Waals surface area (Å²) in [6.45, 7) is 3.95. The Hall–Kier alpha value is -3.73. The maximum absolute atomic E-state index is 12.1. The van der Waals surface area contributed by atoms with Crippen LogP contribution in [0.25, 0.3) is 0 Å². The maximum Gasteiger partial charge on any atom is 0.416 e. The fraction of sp³-hybridized carbons (Fsp3) is 0.381. The van der Waals surface area contributed by atoms with Crippen molar-refractivity contribution in [2.45, 2.75) is 38.5 Å². The van der Waals surface area contributed by atoms with Crippen molar-refractivity contribution in [1.29, 1.82) is 0 Å². The van der Waals surface area contributed by atoms with Crippen LogP contribution in [0.1, 0.15) is 31.6 Å². The zero-order valence-electron chi connectivity index (χ0n) is 17.7. The molecule has 0 bridgehead atoms. The molecule has 168 valence electrons. The van der Waals surface area contributed by atoms with Gasteiger partial charge in [-0.2, -0.15) is 9.97 Å². The van der Waals surface area contributed by atoms with Gasteiger partial charge in [0.05, 0.1) is 12.7 Å². The molecule has 3 atom stereocenters. The van der Waals surface area contributed by atoms with Gasteiger partial charge in [0, 0.05) is 12.6 Å². The molecule has 0 radical (unpaired) electrons. The highest BCUT2D eigenvalue weighted by molar-refractivity contribution is 5.89. The van der Waals surface area contributed by atoms with Crippen molar-refractivity contribution in [2.24, 2.45) is 0 Å². The van der Waals surface area contributed by atoms with Crippen molar-refractivity contribution in [2.75, 3.05) is 23.4 Å². The molecule has 1 unspecified atom stereocenters. The summed E-state index contributed by atoms with van der Waals surface area (Å²) in [5.41, 5.74) is 0. The zero-order chi connectivity index (χ0) is 22.5. The third kappa shape index (κ3) is 4.94. The lowest BCUT2D eigenvalue weighted by molar-refractivity contribution is 0.142. The molecule has 3 aromatic rings. The predicted octanol–water partition coefficient (Wildman–Crippen LogP) is 2.36. The highest BCUT2D eigenvalue weighted by atomic mass is 16.6. The van der Waals surface area contributed by atoms with Gasteiger partial charge >= 0.3 is 6.09 Å². The Morgan fingerprint density at radius 1 is 1.25 bits per heavy atom. The van der Waals surface area contributed by atoms with E-state index in [2.05, 4.69) is 25.4 Å². The molecule has 1 aliphatic heterocycles. The summed E-state index contributed by atoms with van der Waals surface area (Å²) >= 11 is 0. The number of aliphatic hydroxyl groups excluding tert-OH is 1. The number of carbonyl (C=O) groups excluding carboxylic acids is 1. The van der Waals surface area contributed by atoms with Crippen LogP contribution in [0.2, 0.25) is 0 Å². The molecule has 1 aromatic carbocycles. The molecule has 1 amide bonds. The lowest BCUT2D eigenvalue weighted by atomic mass is 10.2. The number of ether oxygens (including phenoxy) is 2. The Kier molecular flexibility index (Phi) is 6.45. The summed E-state index contributed by atoms with van der Waals surface area (Å²) in [7, 11) is 0. The van der Waals surface area contributed by atoms with Gasteiger partial charge in [-0.05, 0) is 32.0 Å². The Morgan fingerprint density at radius 3 is 2.84 bits per heavy atom. The first kappa shape index (κ1) is 21.5. The van der Waals surface area contributed by atoms with E-state index >= 15 is 0 Å². The van der Waals surface area contributed by atoms with Crippen LogP contribution in [0.5, 0.6) is 5.75 Å². The number of amides is 1. The van der Waals surface area contributed by atoms with Crippen molar-refractivity contribution in [3.05, 3.63) is 54.3 Å². The number of aliphatic hydroxyl groups is 1.